The number of ether oxygens (including phenoxy) is 1. The molecule has 0 radical (unpaired) electrons. The molecule has 0 bridgehead atoms. The zero-order chi connectivity index (χ0) is 18.5. The van der Waals surface area contributed by atoms with Gasteiger partial charge in [0.1, 0.15) is 5.75 Å². The Morgan fingerprint density at radius 3 is 2.38 bits per heavy atom. The van der Waals surface area contributed by atoms with Crippen molar-refractivity contribution < 1.29 is 14.3 Å². The van der Waals surface area contributed by atoms with Gasteiger partial charge in [-0.25, -0.2) is 0 Å². The molecule has 26 heavy (non-hydrogen) atoms. The molecule has 5 heteroatoms. The Bertz CT molecular complexity index is 769. The summed E-state index contributed by atoms with van der Waals surface area (Å²) in [5, 5.41) is 2.93. The average Bonchev–Trinajstić information content (AvgIpc) is 3.08. The van der Waals surface area contributed by atoms with Gasteiger partial charge in [-0.15, -0.1) is 0 Å². The van der Waals surface area contributed by atoms with E-state index in [0.717, 1.165) is 23.4 Å². The van der Waals surface area contributed by atoms with Crippen LogP contribution in [0.5, 0.6) is 5.75 Å². The van der Waals surface area contributed by atoms with Crippen LogP contribution in [0.25, 0.3) is 0 Å². The van der Waals surface area contributed by atoms with Crippen molar-refractivity contribution in [3.05, 3.63) is 59.7 Å². The molecular weight excluding hydrogens is 328 g/mol. The van der Waals surface area contributed by atoms with E-state index < -0.39 is 0 Å². The van der Waals surface area contributed by atoms with Gasteiger partial charge in [-0.1, -0.05) is 31.2 Å². The van der Waals surface area contributed by atoms with Crippen LogP contribution in [-0.4, -0.2) is 25.5 Å². The Labute approximate surface area is 154 Å². The third-order valence-corrected chi connectivity index (χ3v) is 4.78. The van der Waals surface area contributed by atoms with Gasteiger partial charge in [0, 0.05) is 25.2 Å². The molecule has 1 aliphatic rings. The molecule has 1 aliphatic heterocycles. The highest BCUT2D eigenvalue weighted by atomic mass is 16.5. The van der Waals surface area contributed by atoms with Crippen LogP contribution in [0.15, 0.2) is 48.5 Å². The first-order chi connectivity index (χ1) is 12.6. The minimum Gasteiger partial charge on any atom is -0.497 e. The molecule has 0 aliphatic carbocycles. The van der Waals surface area contributed by atoms with Crippen molar-refractivity contribution >= 4 is 17.5 Å². The second kappa shape index (κ2) is 8.04. The van der Waals surface area contributed by atoms with Crippen LogP contribution in [0.4, 0.5) is 5.69 Å². The Kier molecular flexibility index (Phi) is 5.56. The van der Waals surface area contributed by atoms with E-state index in [2.05, 4.69) is 12.2 Å². The molecule has 0 spiro atoms. The largest absolute Gasteiger partial charge is 0.497 e. The quantitative estimate of drug-likeness (QED) is 0.870. The number of benzene rings is 2. The van der Waals surface area contributed by atoms with Crippen molar-refractivity contribution in [2.45, 2.75) is 26.3 Å². The highest BCUT2D eigenvalue weighted by molar-refractivity contribution is 6.00. The summed E-state index contributed by atoms with van der Waals surface area (Å²) in [7, 11) is 1.62. The maximum Gasteiger partial charge on any atom is 0.227 e. The summed E-state index contributed by atoms with van der Waals surface area (Å²) in [5.41, 5.74) is 3.09. The molecule has 1 fully saturated rings. The van der Waals surface area contributed by atoms with Crippen molar-refractivity contribution in [3.63, 3.8) is 0 Å². The predicted molar refractivity (Wildman–Crippen MR) is 101 cm³/mol. The third kappa shape index (κ3) is 4.04. The zero-order valence-corrected chi connectivity index (χ0v) is 15.2. The van der Waals surface area contributed by atoms with Crippen LogP contribution in [0.2, 0.25) is 0 Å². The van der Waals surface area contributed by atoms with E-state index in [-0.39, 0.29) is 24.2 Å². The standard InChI is InChI=1S/C21H24N2O3/c1-3-15-4-8-18(9-5-15)23-14-17(12-20(23)24)21(25)22-13-16-6-10-19(26-2)11-7-16/h4-11,17H,3,12-14H2,1-2H3,(H,22,25). The lowest BCUT2D eigenvalue weighted by molar-refractivity contribution is -0.126. The van der Waals surface area contributed by atoms with Gasteiger partial charge < -0.3 is 15.0 Å². The van der Waals surface area contributed by atoms with Crippen molar-refractivity contribution in [3.8, 4) is 5.75 Å². The summed E-state index contributed by atoms with van der Waals surface area (Å²) in [6, 6.07) is 15.5. The molecule has 136 valence electrons. The molecule has 1 N–H and O–H groups in total. The van der Waals surface area contributed by atoms with Gasteiger partial charge in [-0.3, -0.25) is 9.59 Å². The molecule has 3 rings (SSSR count). The minimum atomic E-state index is -0.313. The van der Waals surface area contributed by atoms with Crippen molar-refractivity contribution in [1.29, 1.82) is 0 Å². The number of nitrogens with one attached hydrogen (secondary N) is 1. The summed E-state index contributed by atoms with van der Waals surface area (Å²) >= 11 is 0. The minimum absolute atomic E-state index is 0.00107. The molecule has 1 atom stereocenters. The molecule has 1 heterocycles. The Balaban J connectivity index is 1.57. The van der Waals surface area contributed by atoms with E-state index in [9.17, 15) is 9.59 Å². The van der Waals surface area contributed by atoms with Crippen LogP contribution in [-0.2, 0) is 22.6 Å². The topological polar surface area (TPSA) is 58.6 Å². The highest BCUT2D eigenvalue weighted by Gasteiger charge is 2.34. The fourth-order valence-electron chi connectivity index (χ4n) is 3.12. The first kappa shape index (κ1) is 18.0. The van der Waals surface area contributed by atoms with Gasteiger partial charge >= 0.3 is 0 Å². The second-order valence-electron chi connectivity index (χ2n) is 6.49. The number of hydrogen-bond acceptors (Lipinski definition) is 3. The van der Waals surface area contributed by atoms with Gasteiger partial charge in [0.25, 0.3) is 0 Å². The SMILES string of the molecule is CCc1ccc(N2CC(C(=O)NCc3ccc(OC)cc3)CC2=O)cc1. The van der Waals surface area contributed by atoms with E-state index >= 15 is 0 Å². The smallest absolute Gasteiger partial charge is 0.227 e. The van der Waals surface area contributed by atoms with Gasteiger partial charge in [0.05, 0.1) is 13.0 Å². The number of carbonyl (C=O) groups is 2. The van der Waals surface area contributed by atoms with E-state index in [4.69, 9.17) is 4.74 Å². The number of hydrogen-bond donors (Lipinski definition) is 1. The van der Waals surface area contributed by atoms with Crippen LogP contribution in [0, 0.1) is 5.92 Å². The van der Waals surface area contributed by atoms with E-state index in [1.807, 2.05) is 48.5 Å². The van der Waals surface area contributed by atoms with Crippen molar-refractivity contribution in [2.24, 2.45) is 5.92 Å². The third-order valence-electron chi connectivity index (χ3n) is 4.78. The van der Waals surface area contributed by atoms with E-state index in [0.29, 0.717) is 13.1 Å². The lowest BCUT2D eigenvalue weighted by atomic mass is 10.1. The van der Waals surface area contributed by atoms with Crippen molar-refractivity contribution in [2.75, 3.05) is 18.6 Å². The van der Waals surface area contributed by atoms with Gasteiger partial charge in [0.15, 0.2) is 0 Å². The fraction of sp³-hybridized carbons (Fsp3) is 0.333. The van der Waals surface area contributed by atoms with Crippen LogP contribution in [0.3, 0.4) is 0 Å². The maximum atomic E-state index is 12.4. The number of anilines is 1. The molecular formula is C21H24N2O3. The summed E-state index contributed by atoms with van der Waals surface area (Å²) < 4.78 is 5.13. The molecule has 2 aromatic carbocycles. The number of rotatable bonds is 6. The predicted octanol–water partition coefficient (Wildman–Crippen LogP) is 2.93. The van der Waals surface area contributed by atoms with Gasteiger partial charge in [-0.05, 0) is 41.8 Å². The number of methoxy groups -OCH3 is 1. The molecule has 0 aromatic heterocycles. The first-order valence-electron chi connectivity index (χ1n) is 8.90. The molecule has 1 unspecified atom stereocenters. The van der Waals surface area contributed by atoms with Crippen molar-refractivity contribution in [1.82, 2.24) is 5.32 Å². The lowest BCUT2D eigenvalue weighted by Crippen LogP contribution is -2.32. The molecule has 1 saturated heterocycles. The molecule has 0 saturated carbocycles. The summed E-state index contributed by atoms with van der Waals surface area (Å²) in [6.07, 6.45) is 1.22. The average molecular weight is 352 g/mol. The summed E-state index contributed by atoms with van der Waals surface area (Å²) in [6.45, 7) is 2.97. The summed E-state index contributed by atoms with van der Waals surface area (Å²) in [4.78, 5) is 26.5. The van der Waals surface area contributed by atoms with Crippen LogP contribution < -0.4 is 15.0 Å². The van der Waals surface area contributed by atoms with Gasteiger partial charge in [0.2, 0.25) is 11.8 Å². The first-order valence-corrected chi connectivity index (χ1v) is 8.90. The fourth-order valence-corrected chi connectivity index (χ4v) is 3.12. The van der Waals surface area contributed by atoms with Crippen LogP contribution in [0.1, 0.15) is 24.5 Å². The Hall–Kier alpha value is -2.82. The zero-order valence-electron chi connectivity index (χ0n) is 15.2. The van der Waals surface area contributed by atoms with Crippen LogP contribution >= 0.6 is 0 Å². The number of nitrogens with zero attached hydrogens (tertiary/aromatic N) is 1. The molecule has 2 amide bonds. The van der Waals surface area contributed by atoms with E-state index in [1.165, 1.54) is 5.56 Å². The lowest BCUT2D eigenvalue weighted by Gasteiger charge is -2.17. The second-order valence-corrected chi connectivity index (χ2v) is 6.49. The highest BCUT2D eigenvalue weighted by Crippen LogP contribution is 2.25. The number of amides is 2. The van der Waals surface area contributed by atoms with Gasteiger partial charge in [-0.2, -0.15) is 0 Å². The Morgan fingerprint density at radius 2 is 1.77 bits per heavy atom. The molecule has 5 nitrogen and oxygen atoms in total. The Morgan fingerprint density at radius 1 is 1.12 bits per heavy atom. The summed E-state index contributed by atoms with van der Waals surface area (Å²) in [5.74, 6) is 0.387. The maximum absolute atomic E-state index is 12.4. The monoisotopic (exact) mass is 352 g/mol. The van der Waals surface area contributed by atoms with E-state index in [1.54, 1.807) is 12.0 Å². The number of carbonyl (C=O) groups excluding carboxylic acids is 2. The normalized spacial score (nSPS) is 16.6. The number of aryl methyl sites for hydroxylation is 1. The molecule has 2 aromatic rings.